The summed E-state index contributed by atoms with van der Waals surface area (Å²) in [7, 11) is 0. The van der Waals surface area contributed by atoms with Gasteiger partial charge in [0.25, 0.3) is 5.88 Å². The van der Waals surface area contributed by atoms with Crippen molar-refractivity contribution >= 4 is 12.8 Å². The molecule has 0 bridgehead atoms. The predicted molar refractivity (Wildman–Crippen MR) is 41.3 cm³/mol. The van der Waals surface area contributed by atoms with E-state index in [9.17, 15) is 0 Å². The van der Waals surface area contributed by atoms with Gasteiger partial charge in [0.05, 0.1) is 12.1 Å². The van der Waals surface area contributed by atoms with E-state index in [0.29, 0.717) is 6.54 Å². The topological polar surface area (TPSA) is 49.5 Å². The molecule has 4 nitrogen and oxygen atoms in total. The Balaban J connectivity index is 2.36. The number of nitrogens with zero attached hydrogens (tertiary/aromatic N) is 2. The van der Waals surface area contributed by atoms with Crippen molar-refractivity contribution in [2.45, 2.75) is 13.0 Å². The van der Waals surface area contributed by atoms with Crippen LogP contribution in [0, 0.1) is 0 Å². The van der Waals surface area contributed by atoms with Gasteiger partial charge in [-0.3, -0.25) is 0 Å². The van der Waals surface area contributed by atoms with Crippen LogP contribution < -0.4 is 0 Å². The Kier molecular flexibility index (Phi) is 1.54. The molecular formula is C6H8N2O2S. The Labute approximate surface area is 69.3 Å². The lowest BCUT2D eigenvalue weighted by atomic mass is 10.1. The monoisotopic (exact) mass is 172 g/mol. The van der Waals surface area contributed by atoms with Gasteiger partial charge in [0.1, 0.15) is 0 Å². The van der Waals surface area contributed by atoms with Gasteiger partial charge in [-0.25, -0.2) is 4.31 Å². The Hall–Kier alpha value is -0.680. The molecule has 0 saturated carbocycles. The van der Waals surface area contributed by atoms with Crippen molar-refractivity contribution < 1.29 is 9.63 Å². The SMILES string of the molecule is Oc1noc2c1CCN(S)C2. The fourth-order valence-electron chi connectivity index (χ4n) is 1.19. The zero-order valence-corrected chi connectivity index (χ0v) is 6.71. The second-order valence-electron chi connectivity index (χ2n) is 2.55. The Morgan fingerprint density at radius 1 is 1.64 bits per heavy atom. The lowest BCUT2D eigenvalue weighted by Gasteiger charge is -2.18. The molecule has 0 aliphatic carbocycles. The normalized spacial score (nSPS) is 18.3. The first-order valence-electron chi connectivity index (χ1n) is 3.37. The Morgan fingerprint density at radius 3 is 3.27 bits per heavy atom. The van der Waals surface area contributed by atoms with Gasteiger partial charge in [-0.2, -0.15) is 0 Å². The fraction of sp³-hybridized carbons (Fsp3) is 0.500. The molecule has 60 valence electrons. The molecule has 1 N–H and O–H groups in total. The van der Waals surface area contributed by atoms with Crippen LogP contribution in [-0.2, 0) is 13.0 Å². The summed E-state index contributed by atoms with van der Waals surface area (Å²) in [4.78, 5) is 0. The number of thiol groups is 1. The molecule has 1 aromatic heterocycles. The van der Waals surface area contributed by atoms with Crippen LogP contribution in [0.1, 0.15) is 11.3 Å². The van der Waals surface area contributed by atoms with Crippen molar-refractivity contribution in [1.82, 2.24) is 9.46 Å². The van der Waals surface area contributed by atoms with E-state index in [0.717, 1.165) is 24.3 Å². The standard InChI is InChI=1S/C6H8N2O2S/c9-6-4-1-2-8(11)3-5(4)10-7-6/h11H,1-3H2,(H,7,9). The molecule has 2 rings (SSSR count). The molecule has 0 fully saturated rings. The first-order chi connectivity index (χ1) is 5.27. The maximum Gasteiger partial charge on any atom is 0.255 e. The minimum Gasteiger partial charge on any atom is -0.491 e. The number of aromatic nitrogens is 1. The van der Waals surface area contributed by atoms with E-state index >= 15 is 0 Å². The first kappa shape index (κ1) is 7.00. The van der Waals surface area contributed by atoms with Crippen LogP contribution >= 0.6 is 12.8 Å². The van der Waals surface area contributed by atoms with Crippen LogP contribution in [0.5, 0.6) is 5.88 Å². The van der Waals surface area contributed by atoms with E-state index in [2.05, 4.69) is 18.0 Å². The highest BCUT2D eigenvalue weighted by Gasteiger charge is 2.21. The minimum atomic E-state index is 0.0291. The summed E-state index contributed by atoms with van der Waals surface area (Å²) in [6, 6.07) is 0. The quantitative estimate of drug-likeness (QED) is 0.562. The molecule has 1 aromatic rings. The third-order valence-corrected chi connectivity index (χ3v) is 2.14. The van der Waals surface area contributed by atoms with Crippen molar-refractivity contribution in [2.24, 2.45) is 0 Å². The molecule has 0 radical (unpaired) electrons. The van der Waals surface area contributed by atoms with Crippen LogP contribution in [0.4, 0.5) is 0 Å². The summed E-state index contributed by atoms with van der Waals surface area (Å²) < 4.78 is 6.69. The lowest BCUT2D eigenvalue weighted by molar-refractivity contribution is 0.313. The average molecular weight is 172 g/mol. The maximum atomic E-state index is 9.13. The highest BCUT2D eigenvalue weighted by Crippen LogP contribution is 2.26. The predicted octanol–water partition coefficient (Wildman–Crippen LogP) is 0.583. The summed E-state index contributed by atoms with van der Waals surface area (Å²) in [6.45, 7) is 1.44. The second-order valence-corrected chi connectivity index (χ2v) is 3.11. The number of hydrogen-bond donors (Lipinski definition) is 2. The van der Waals surface area contributed by atoms with Crippen LogP contribution in [0.15, 0.2) is 4.52 Å². The number of rotatable bonds is 0. The summed E-state index contributed by atoms with van der Waals surface area (Å²) in [5, 5.41) is 12.6. The minimum absolute atomic E-state index is 0.0291. The molecule has 2 heterocycles. The third-order valence-electron chi connectivity index (χ3n) is 1.79. The molecule has 0 unspecified atom stereocenters. The summed E-state index contributed by atoms with van der Waals surface area (Å²) >= 11 is 4.16. The van der Waals surface area contributed by atoms with Crippen molar-refractivity contribution in [3.05, 3.63) is 11.3 Å². The number of fused-ring (bicyclic) bond motifs is 1. The van der Waals surface area contributed by atoms with Gasteiger partial charge in [0.15, 0.2) is 5.76 Å². The average Bonchev–Trinajstić information content (AvgIpc) is 2.32. The largest absolute Gasteiger partial charge is 0.491 e. The molecule has 0 saturated heterocycles. The molecule has 5 heteroatoms. The summed E-state index contributed by atoms with van der Waals surface area (Å²) in [6.07, 6.45) is 0.758. The smallest absolute Gasteiger partial charge is 0.255 e. The van der Waals surface area contributed by atoms with Crippen molar-refractivity contribution in [3.8, 4) is 5.88 Å². The van der Waals surface area contributed by atoms with Gasteiger partial charge in [0.2, 0.25) is 0 Å². The molecule has 1 aliphatic rings. The van der Waals surface area contributed by atoms with Crippen LogP contribution in [0.3, 0.4) is 0 Å². The zero-order valence-electron chi connectivity index (χ0n) is 5.82. The first-order valence-corrected chi connectivity index (χ1v) is 3.77. The van der Waals surface area contributed by atoms with Crippen molar-refractivity contribution in [1.29, 1.82) is 0 Å². The number of hydrogen-bond acceptors (Lipinski definition) is 5. The van der Waals surface area contributed by atoms with Gasteiger partial charge in [-0.1, -0.05) is 12.8 Å². The fourth-order valence-corrected chi connectivity index (χ4v) is 1.42. The van der Waals surface area contributed by atoms with Crippen LogP contribution in [-0.4, -0.2) is 21.1 Å². The van der Waals surface area contributed by atoms with Crippen molar-refractivity contribution in [2.75, 3.05) is 6.54 Å². The highest BCUT2D eigenvalue weighted by molar-refractivity contribution is 7.77. The second kappa shape index (κ2) is 2.42. The van der Waals surface area contributed by atoms with E-state index in [1.807, 2.05) is 4.31 Å². The van der Waals surface area contributed by atoms with Crippen molar-refractivity contribution in [3.63, 3.8) is 0 Å². The summed E-state index contributed by atoms with van der Waals surface area (Å²) in [5.41, 5.74) is 0.829. The van der Waals surface area contributed by atoms with E-state index in [4.69, 9.17) is 9.63 Å². The molecule has 0 amide bonds. The van der Waals surface area contributed by atoms with Gasteiger partial charge >= 0.3 is 0 Å². The highest BCUT2D eigenvalue weighted by atomic mass is 32.1. The maximum absolute atomic E-state index is 9.13. The Morgan fingerprint density at radius 2 is 2.45 bits per heavy atom. The van der Waals surface area contributed by atoms with E-state index in [-0.39, 0.29) is 5.88 Å². The van der Waals surface area contributed by atoms with Gasteiger partial charge in [0, 0.05) is 6.54 Å². The van der Waals surface area contributed by atoms with Crippen LogP contribution in [0.2, 0.25) is 0 Å². The Bertz CT molecular complexity index is 274. The van der Waals surface area contributed by atoms with Gasteiger partial charge < -0.3 is 9.63 Å². The lowest BCUT2D eigenvalue weighted by Crippen LogP contribution is -2.20. The summed E-state index contributed by atoms with van der Waals surface area (Å²) in [5.74, 6) is 0.755. The molecule has 11 heavy (non-hydrogen) atoms. The van der Waals surface area contributed by atoms with Crippen LogP contribution in [0.25, 0.3) is 0 Å². The zero-order chi connectivity index (χ0) is 7.84. The molecule has 0 aromatic carbocycles. The molecular weight excluding hydrogens is 164 g/mol. The third kappa shape index (κ3) is 1.10. The molecule has 0 spiro atoms. The number of aromatic hydroxyl groups is 1. The molecule has 1 aliphatic heterocycles. The van der Waals surface area contributed by atoms with Gasteiger partial charge in [-0.15, -0.1) is 0 Å². The van der Waals surface area contributed by atoms with E-state index < -0.39 is 0 Å². The molecule has 0 atom stereocenters. The van der Waals surface area contributed by atoms with Gasteiger partial charge in [-0.05, 0) is 11.6 Å². The van der Waals surface area contributed by atoms with E-state index in [1.165, 1.54) is 0 Å². The van der Waals surface area contributed by atoms with E-state index in [1.54, 1.807) is 0 Å².